The second kappa shape index (κ2) is 7.79. The van der Waals surface area contributed by atoms with E-state index in [1.165, 1.54) is 6.21 Å². The predicted octanol–water partition coefficient (Wildman–Crippen LogP) is 2.96. The quantitative estimate of drug-likeness (QED) is 0.368. The van der Waals surface area contributed by atoms with Gasteiger partial charge in [-0.05, 0) is 42.0 Å². The first-order chi connectivity index (χ1) is 10.3. The number of hydrogen-bond acceptors (Lipinski definition) is 5. The fourth-order valence-corrected chi connectivity index (χ4v) is 1.77. The Bertz CT molecular complexity index is 581. The van der Waals surface area contributed by atoms with Crippen molar-refractivity contribution in [1.29, 1.82) is 0 Å². The van der Waals surface area contributed by atoms with Crippen molar-refractivity contribution in [3.8, 4) is 17.2 Å². The SMILES string of the molecule is COc1ccccc1OCCOc1ccc(/C=N/O)cc1. The zero-order valence-electron chi connectivity index (χ0n) is 11.7. The number of methoxy groups -OCH3 is 1. The molecule has 2 rings (SSSR count). The molecule has 2 aromatic carbocycles. The maximum atomic E-state index is 8.42. The summed E-state index contributed by atoms with van der Waals surface area (Å²) in [6.45, 7) is 0.839. The van der Waals surface area contributed by atoms with Gasteiger partial charge in [-0.1, -0.05) is 17.3 Å². The molecule has 1 N–H and O–H groups in total. The highest BCUT2D eigenvalue weighted by Crippen LogP contribution is 2.25. The van der Waals surface area contributed by atoms with Gasteiger partial charge in [-0.25, -0.2) is 0 Å². The summed E-state index contributed by atoms with van der Waals surface area (Å²) in [6, 6.07) is 14.7. The van der Waals surface area contributed by atoms with E-state index in [1.54, 1.807) is 31.4 Å². The molecule has 21 heavy (non-hydrogen) atoms. The molecular weight excluding hydrogens is 270 g/mol. The molecule has 2 aromatic rings. The Labute approximate surface area is 123 Å². The summed E-state index contributed by atoms with van der Waals surface area (Å²) >= 11 is 0. The molecule has 0 heterocycles. The smallest absolute Gasteiger partial charge is 0.161 e. The van der Waals surface area contributed by atoms with E-state index >= 15 is 0 Å². The minimum Gasteiger partial charge on any atom is -0.493 e. The molecule has 0 unspecified atom stereocenters. The first-order valence-corrected chi connectivity index (χ1v) is 6.49. The Hall–Kier alpha value is -2.69. The third-order valence-electron chi connectivity index (χ3n) is 2.77. The number of rotatable bonds is 7. The van der Waals surface area contributed by atoms with E-state index in [2.05, 4.69) is 5.16 Å². The molecule has 0 amide bonds. The Balaban J connectivity index is 1.79. The second-order valence-electron chi connectivity index (χ2n) is 4.16. The lowest BCUT2D eigenvalue weighted by atomic mass is 10.2. The van der Waals surface area contributed by atoms with Crippen molar-refractivity contribution in [2.24, 2.45) is 5.16 Å². The lowest BCUT2D eigenvalue weighted by Crippen LogP contribution is -2.09. The van der Waals surface area contributed by atoms with Crippen LogP contribution in [-0.4, -0.2) is 31.7 Å². The summed E-state index contributed by atoms with van der Waals surface area (Å²) in [6.07, 6.45) is 1.36. The van der Waals surface area contributed by atoms with Crippen LogP contribution in [-0.2, 0) is 0 Å². The Morgan fingerprint density at radius 1 is 0.952 bits per heavy atom. The maximum Gasteiger partial charge on any atom is 0.161 e. The highest BCUT2D eigenvalue weighted by molar-refractivity contribution is 5.79. The second-order valence-corrected chi connectivity index (χ2v) is 4.16. The molecule has 0 aromatic heterocycles. The zero-order chi connectivity index (χ0) is 14.9. The lowest BCUT2D eigenvalue weighted by molar-refractivity contribution is 0.211. The van der Waals surface area contributed by atoms with Gasteiger partial charge in [0.05, 0.1) is 13.3 Å². The molecule has 5 heteroatoms. The van der Waals surface area contributed by atoms with Crippen LogP contribution in [0.15, 0.2) is 53.7 Å². The van der Waals surface area contributed by atoms with E-state index in [0.29, 0.717) is 24.7 Å². The largest absolute Gasteiger partial charge is 0.493 e. The summed E-state index contributed by atoms with van der Waals surface area (Å²) in [5, 5.41) is 11.4. The third kappa shape index (κ3) is 4.42. The van der Waals surface area contributed by atoms with Crippen molar-refractivity contribution in [1.82, 2.24) is 0 Å². The number of benzene rings is 2. The molecule has 0 radical (unpaired) electrons. The fraction of sp³-hybridized carbons (Fsp3) is 0.188. The van der Waals surface area contributed by atoms with Gasteiger partial charge >= 0.3 is 0 Å². The van der Waals surface area contributed by atoms with E-state index in [0.717, 1.165) is 11.3 Å². The maximum absolute atomic E-state index is 8.42. The van der Waals surface area contributed by atoms with Crippen LogP contribution in [0.2, 0.25) is 0 Å². The van der Waals surface area contributed by atoms with Crippen LogP contribution in [0, 0.1) is 0 Å². The molecule has 0 fully saturated rings. The molecule has 0 spiro atoms. The third-order valence-corrected chi connectivity index (χ3v) is 2.77. The zero-order valence-corrected chi connectivity index (χ0v) is 11.7. The molecule has 0 aliphatic rings. The van der Waals surface area contributed by atoms with Gasteiger partial charge in [0.15, 0.2) is 11.5 Å². The van der Waals surface area contributed by atoms with Gasteiger partial charge < -0.3 is 19.4 Å². The van der Waals surface area contributed by atoms with Crippen molar-refractivity contribution < 1.29 is 19.4 Å². The van der Waals surface area contributed by atoms with E-state index in [-0.39, 0.29) is 0 Å². The topological polar surface area (TPSA) is 60.3 Å². The molecule has 0 atom stereocenters. The highest BCUT2D eigenvalue weighted by atomic mass is 16.5. The Morgan fingerprint density at radius 2 is 1.62 bits per heavy atom. The van der Waals surface area contributed by atoms with Gasteiger partial charge in [0.2, 0.25) is 0 Å². The summed E-state index contributed by atoms with van der Waals surface area (Å²) in [4.78, 5) is 0. The van der Waals surface area contributed by atoms with Crippen LogP contribution in [0.4, 0.5) is 0 Å². The molecule has 0 aliphatic carbocycles. The van der Waals surface area contributed by atoms with E-state index in [9.17, 15) is 0 Å². The molecule has 0 bridgehead atoms. The summed E-state index contributed by atoms with van der Waals surface area (Å²) in [5.41, 5.74) is 0.801. The van der Waals surface area contributed by atoms with Crippen molar-refractivity contribution in [3.05, 3.63) is 54.1 Å². The number of oxime groups is 1. The minimum atomic E-state index is 0.417. The van der Waals surface area contributed by atoms with Crippen LogP contribution in [0.1, 0.15) is 5.56 Å². The minimum absolute atomic E-state index is 0.417. The van der Waals surface area contributed by atoms with Crippen molar-refractivity contribution in [2.75, 3.05) is 20.3 Å². The molecule has 0 saturated heterocycles. The van der Waals surface area contributed by atoms with E-state index in [1.807, 2.05) is 24.3 Å². The monoisotopic (exact) mass is 287 g/mol. The van der Waals surface area contributed by atoms with Gasteiger partial charge in [0.25, 0.3) is 0 Å². The number of ether oxygens (including phenoxy) is 3. The average molecular weight is 287 g/mol. The molecular formula is C16H17NO4. The van der Waals surface area contributed by atoms with Crippen LogP contribution < -0.4 is 14.2 Å². The van der Waals surface area contributed by atoms with Crippen LogP contribution in [0.25, 0.3) is 0 Å². The number of hydrogen-bond donors (Lipinski definition) is 1. The number of nitrogens with zero attached hydrogens (tertiary/aromatic N) is 1. The van der Waals surface area contributed by atoms with E-state index in [4.69, 9.17) is 19.4 Å². The van der Waals surface area contributed by atoms with Crippen LogP contribution in [0.5, 0.6) is 17.2 Å². The van der Waals surface area contributed by atoms with Gasteiger partial charge in [-0.2, -0.15) is 0 Å². The lowest BCUT2D eigenvalue weighted by Gasteiger charge is -2.11. The van der Waals surface area contributed by atoms with Gasteiger partial charge in [0.1, 0.15) is 19.0 Å². The first kappa shape index (κ1) is 14.7. The van der Waals surface area contributed by atoms with Crippen molar-refractivity contribution >= 4 is 6.21 Å². The first-order valence-electron chi connectivity index (χ1n) is 6.49. The predicted molar refractivity (Wildman–Crippen MR) is 79.8 cm³/mol. The molecule has 110 valence electrons. The molecule has 5 nitrogen and oxygen atoms in total. The van der Waals surface area contributed by atoms with Crippen LogP contribution in [0.3, 0.4) is 0 Å². The Morgan fingerprint density at radius 3 is 2.29 bits per heavy atom. The summed E-state index contributed by atoms with van der Waals surface area (Å²) < 4.78 is 16.4. The highest BCUT2D eigenvalue weighted by Gasteiger charge is 2.02. The standard InChI is InChI=1S/C16H17NO4/c1-19-15-4-2-3-5-16(15)21-11-10-20-14-8-6-13(7-9-14)12-17-18/h2-9,12,18H,10-11H2,1H3/b17-12+. The van der Waals surface area contributed by atoms with E-state index < -0.39 is 0 Å². The molecule has 0 saturated carbocycles. The summed E-state index contributed by atoms with van der Waals surface area (Å²) in [7, 11) is 1.61. The summed E-state index contributed by atoms with van der Waals surface area (Å²) in [5.74, 6) is 2.12. The normalized spacial score (nSPS) is 10.5. The van der Waals surface area contributed by atoms with Gasteiger partial charge in [-0.15, -0.1) is 0 Å². The average Bonchev–Trinajstić information content (AvgIpc) is 2.54. The Kier molecular flexibility index (Phi) is 5.46. The van der Waals surface area contributed by atoms with Crippen molar-refractivity contribution in [2.45, 2.75) is 0 Å². The fourth-order valence-electron chi connectivity index (χ4n) is 1.77. The van der Waals surface area contributed by atoms with Crippen LogP contribution >= 0.6 is 0 Å². The number of para-hydroxylation sites is 2. The van der Waals surface area contributed by atoms with Crippen molar-refractivity contribution in [3.63, 3.8) is 0 Å². The van der Waals surface area contributed by atoms with Gasteiger partial charge in [0, 0.05) is 0 Å². The van der Waals surface area contributed by atoms with Gasteiger partial charge in [-0.3, -0.25) is 0 Å². The molecule has 0 aliphatic heterocycles.